The number of nitrogens with zero attached hydrogens (tertiary/aromatic N) is 5. The fourth-order valence-corrected chi connectivity index (χ4v) is 3.20. The zero-order valence-electron chi connectivity index (χ0n) is 16.9. The summed E-state index contributed by atoms with van der Waals surface area (Å²) in [6.45, 7) is 1.59. The van der Waals surface area contributed by atoms with E-state index >= 15 is 0 Å². The van der Waals surface area contributed by atoms with Crippen molar-refractivity contribution in [3.63, 3.8) is 0 Å². The Morgan fingerprint density at radius 1 is 0.967 bits per heavy atom. The summed E-state index contributed by atoms with van der Waals surface area (Å²) in [5.74, 6) is 0.807. The highest BCUT2D eigenvalue weighted by Crippen LogP contribution is 2.09. The topological polar surface area (TPSA) is 71.5 Å². The predicted molar refractivity (Wildman–Crippen MR) is 131 cm³/mol. The van der Waals surface area contributed by atoms with Gasteiger partial charge in [0.25, 0.3) is 0 Å². The van der Waals surface area contributed by atoms with Gasteiger partial charge in [-0.2, -0.15) is 5.10 Å². The third kappa shape index (κ3) is 5.59. The Hall–Kier alpha value is -2.88. The molecule has 3 aromatic heterocycles. The van der Waals surface area contributed by atoms with Crippen molar-refractivity contribution in [1.29, 1.82) is 0 Å². The first-order valence-electron chi connectivity index (χ1n) is 9.78. The normalized spacial score (nSPS) is 11.3. The van der Waals surface area contributed by atoms with Crippen LogP contribution in [0.2, 0.25) is 0 Å². The number of guanidine groups is 1. The SMILES string of the molecule is CN=C(NCCc1ccc(-n2cccn2)cc1)NCCc1cn2ccccc2n1.I. The van der Waals surface area contributed by atoms with Gasteiger partial charge in [0.2, 0.25) is 0 Å². The summed E-state index contributed by atoms with van der Waals surface area (Å²) in [6.07, 6.45) is 9.58. The number of hydrogen-bond donors (Lipinski definition) is 2. The molecule has 156 valence electrons. The molecule has 0 amide bonds. The third-order valence-corrected chi connectivity index (χ3v) is 4.72. The molecular weight excluding hydrogens is 489 g/mol. The second-order valence-electron chi connectivity index (χ2n) is 6.74. The Balaban J connectivity index is 0.00000256. The van der Waals surface area contributed by atoms with Gasteiger partial charge in [-0.25, -0.2) is 9.67 Å². The molecule has 4 rings (SSSR count). The van der Waals surface area contributed by atoms with E-state index in [0.29, 0.717) is 0 Å². The van der Waals surface area contributed by atoms with Gasteiger partial charge < -0.3 is 15.0 Å². The van der Waals surface area contributed by atoms with Gasteiger partial charge in [-0.05, 0) is 42.3 Å². The number of rotatable bonds is 7. The molecule has 3 heterocycles. The van der Waals surface area contributed by atoms with E-state index < -0.39 is 0 Å². The second kappa shape index (κ2) is 10.8. The zero-order valence-corrected chi connectivity index (χ0v) is 19.2. The fourth-order valence-electron chi connectivity index (χ4n) is 3.20. The minimum Gasteiger partial charge on any atom is -0.356 e. The van der Waals surface area contributed by atoms with Crippen LogP contribution in [0.5, 0.6) is 0 Å². The Labute approximate surface area is 193 Å². The van der Waals surface area contributed by atoms with Crippen LogP contribution in [-0.2, 0) is 12.8 Å². The number of aliphatic imine (C=N–C) groups is 1. The third-order valence-electron chi connectivity index (χ3n) is 4.72. The molecule has 0 saturated carbocycles. The minimum absolute atomic E-state index is 0. The molecule has 0 fully saturated rings. The summed E-state index contributed by atoms with van der Waals surface area (Å²) in [5, 5.41) is 11.0. The molecule has 7 nitrogen and oxygen atoms in total. The van der Waals surface area contributed by atoms with Gasteiger partial charge in [0.05, 0.1) is 11.4 Å². The summed E-state index contributed by atoms with van der Waals surface area (Å²) in [4.78, 5) is 8.92. The van der Waals surface area contributed by atoms with Crippen molar-refractivity contribution in [2.75, 3.05) is 20.1 Å². The number of benzene rings is 1. The van der Waals surface area contributed by atoms with Gasteiger partial charge in [-0.15, -0.1) is 24.0 Å². The van der Waals surface area contributed by atoms with Gasteiger partial charge >= 0.3 is 0 Å². The maximum Gasteiger partial charge on any atom is 0.190 e. The molecule has 30 heavy (non-hydrogen) atoms. The van der Waals surface area contributed by atoms with Gasteiger partial charge in [0.1, 0.15) is 5.65 Å². The predicted octanol–water partition coefficient (Wildman–Crippen LogP) is 3.09. The average molecular weight is 515 g/mol. The van der Waals surface area contributed by atoms with Crippen LogP contribution in [0.3, 0.4) is 0 Å². The van der Waals surface area contributed by atoms with Crippen molar-refractivity contribution in [1.82, 2.24) is 29.8 Å². The molecule has 0 aliphatic rings. The lowest BCUT2D eigenvalue weighted by atomic mass is 10.1. The molecule has 0 unspecified atom stereocenters. The van der Waals surface area contributed by atoms with E-state index in [1.807, 2.05) is 45.7 Å². The maximum absolute atomic E-state index is 4.62. The molecular formula is C22H26IN7. The summed E-state index contributed by atoms with van der Waals surface area (Å²) in [5.41, 5.74) is 4.38. The first kappa shape index (κ1) is 21.8. The summed E-state index contributed by atoms with van der Waals surface area (Å²) >= 11 is 0. The van der Waals surface area contributed by atoms with Crippen LogP contribution >= 0.6 is 24.0 Å². The summed E-state index contributed by atoms with van der Waals surface area (Å²) in [6, 6.07) is 16.4. The Kier molecular flexibility index (Phi) is 7.83. The van der Waals surface area contributed by atoms with E-state index in [9.17, 15) is 0 Å². The first-order chi connectivity index (χ1) is 14.3. The van der Waals surface area contributed by atoms with Crippen molar-refractivity contribution in [3.05, 3.63) is 84.6 Å². The fraction of sp³-hybridized carbons (Fsp3) is 0.227. The van der Waals surface area contributed by atoms with E-state index in [4.69, 9.17) is 0 Å². The Morgan fingerprint density at radius 3 is 2.47 bits per heavy atom. The van der Waals surface area contributed by atoms with Crippen LogP contribution in [0.15, 0.2) is 78.3 Å². The summed E-state index contributed by atoms with van der Waals surface area (Å²) < 4.78 is 3.90. The van der Waals surface area contributed by atoms with Crippen molar-refractivity contribution < 1.29 is 0 Å². The highest BCUT2D eigenvalue weighted by Gasteiger charge is 2.03. The summed E-state index contributed by atoms with van der Waals surface area (Å²) in [7, 11) is 1.79. The van der Waals surface area contributed by atoms with Gasteiger partial charge in [-0.3, -0.25) is 4.99 Å². The molecule has 4 aromatic rings. The molecule has 0 aliphatic carbocycles. The number of fused-ring (bicyclic) bond motifs is 1. The van der Waals surface area contributed by atoms with Crippen LogP contribution in [0.4, 0.5) is 0 Å². The second-order valence-corrected chi connectivity index (χ2v) is 6.74. The first-order valence-corrected chi connectivity index (χ1v) is 9.78. The molecule has 8 heteroatoms. The number of nitrogens with one attached hydrogen (secondary N) is 2. The lowest BCUT2D eigenvalue weighted by molar-refractivity contribution is 0.778. The average Bonchev–Trinajstić information content (AvgIpc) is 3.43. The van der Waals surface area contributed by atoms with Crippen LogP contribution in [0.1, 0.15) is 11.3 Å². The van der Waals surface area contributed by atoms with Gasteiger partial charge in [0, 0.05) is 51.3 Å². The lowest BCUT2D eigenvalue weighted by Gasteiger charge is -2.11. The van der Waals surface area contributed by atoms with E-state index in [1.165, 1.54) is 5.56 Å². The van der Waals surface area contributed by atoms with Gasteiger partial charge in [-0.1, -0.05) is 18.2 Å². The van der Waals surface area contributed by atoms with E-state index in [1.54, 1.807) is 13.2 Å². The molecule has 0 radical (unpaired) electrons. The number of aromatic nitrogens is 4. The van der Waals surface area contributed by atoms with E-state index in [2.05, 4.69) is 56.2 Å². The van der Waals surface area contributed by atoms with Crippen molar-refractivity contribution in [3.8, 4) is 5.69 Å². The molecule has 0 saturated heterocycles. The van der Waals surface area contributed by atoms with E-state index in [-0.39, 0.29) is 24.0 Å². The Bertz CT molecular complexity index is 1040. The molecule has 2 N–H and O–H groups in total. The quantitative estimate of drug-likeness (QED) is 0.226. The van der Waals surface area contributed by atoms with Crippen molar-refractivity contribution in [2.45, 2.75) is 12.8 Å². The minimum atomic E-state index is 0. The van der Waals surface area contributed by atoms with Gasteiger partial charge in [0.15, 0.2) is 5.96 Å². The number of hydrogen-bond acceptors (Lipinski definition) is 3. The highest BCUT2D eigenvalue weighted by molar-refractivity contribution is 14.0. The number of pyridine rings is 1. The van der Waals surface area contributed by atoms with E-state index in [0.717, 1.165) is 48.9 Å². The van der Waals surface area contributed by atoms with Crippen LogP contribution in [0, 0.1) is 0 Å². The highest BCUT2D eigenvalue weighted by atomic mass is 127. The van der Waals surface area contributed by atoms with Crippen molar-refractivity contribution in [2.24, 2.45) is 4.99 Å². The largest absolute Gasteiger partial charge is 0.356 e. The van der Waals surface area contributed by atoms with Crippen LogP contribution < -0.4 is 10.6 Å². The monoisotopic (exact) mass is 515 g/mol. The van der Waals surface area contributed by atoms with Crippen LogP contribution in [0.25, 0.3) is 11.3 Å². The van der Waals surface area contributed by atoms with Crippen molar-refractivity contribution >= 4 is 35.6 Å². The number of imidazole rings is 1. The zero-order chi connectivity index (χ0) is 19.9. The molecule has 0 spiro atoms. The maximum atomic E-state index is 4.62. The van der Waals surface area contributed by atoms with Crippen LogP contribution in [-0.4, -0.2) is 45.3 Å². The molecule has 1 aromatic carbocycles. The lowest BCUT2D eigenvalue weighted by Crippen LogP contribution is -2.39. The molecule has 0 aliphatic heterocycles. The molecule has 0 atom stereocenters. The smallest absolute Gasteiger partial charge is 0.190 e. The Morgan fingerprint density at radius 2 is 1.77 bits per heavy atom. The molecule has 0 bridgehead atoms. The standard InChI is InChI=1S/C22H25N7.HI/c1-23-22(25-14-11-19-17-28-15-3-2-5-21(28)27-19)24-13-10-18-6-8-20(9-7-18)29-16-4-12-26-29;/h2-9,12,15-17H,10-11,13-14H2,1H3,(H2,23,24,25);1H. The number of halogens is 1.